The van der Waals surface area contributed by atoms with Crippen molar-refractivity contribution in [1.29, 1.82) is 0 Å². The van der Waals surface area contributed by atoms with Crippen molar-refractivity contribution < 1.29 is 4.92 Å². The molecular formula is C12H19N3O2. The van der Waals surface area contributed by atoms with E-state index in [1.807, 2.05) is 0 Å². The maximum atomic E-state index is 10.6. The Balaban J connectivity index is 2.65. The summed E-state index contributed by atoms with van der Waals surface area (Å²) >= 11 is 0. The molecule has 1 unspecified atom stereocenters. The minimum absolute atomic E-state index is 0.111. The molecule has 0 amide bonds. The average Bonchev–Trinajstić information content (AvgIpc) is 2.34. The quantitative estimate of drug-likeness (QED) is 0.583. The van der Waals surface area contributed by atoms with Gasteiger partial charge in [0.2, 0.25) is 0 Å². The van der Waals surface area contributed by atoms with E-state index in [4.69, 9.17) is 0 Å². The molecule has 1 aromatic heterocycles. The first-order valence-corrected chi connectivity index (χ1v) is 6.00. The summed E-state index contributed by atoms with van der Waals surface area (Å²) in [5, 5.41) is 14.0. The van der Waals surface area contributed by atoms with Crippen LogP contribution in [-0.2, 0) is 6.42 Å². The number of hydrogen-bond acceptors (Lipinski definition) is 4. The van der Waals surface area contributed by atoms with Gasteiger partial charge in [0.15, 0.2) is 0 Å². The van der Waals surface area contributed by atoms with Crippen LogP contribution >= 0.6 is 0 Å². The molecule has 0 fully saturated rings. The SMILES string of the molecule is CCCNC(CC)Cc1cc([N+](=O)[O-])ccn1. The van der Waals surface area contributed by atoms with Crippen molar-refractivity contribution in [3.8, 4) is 0 Å². The molecule has 5 nitrogen and oxygen atoms in total. The summed E-state index contributed by atoms with van der Waals surface area (Å²) in [6.07, 6.45) is 4.31. The molecule has 0 aliphatic carbocycles. The number of nitrogens with zero attached hydrogens (tertiary/aromatic N) is 2. The topological polar surface area (TPSA) is 68.1 Å². The van der Waals surface area contributed by atoms with Crippen LogP contribution in [0.15, 0.2) is 18.3 Å². The van der Waals surface area contributed by atoms with E-state index in [9.17, 15) is 10.1 Å². The highest BCUT2D eigenvalue weighted by Crippen LogP contribution is 2.12. The van der Waals surface area contributed by atoms with Crippen LogP contribution in [0.25, 0.3) is 0 Å². The second-order valence-corrected chi connectivity index (χ2v) is 4.03. The highest BCUT2D eigenvalue weighted by Gasteiger charge is 2.11. The maximum absolute atomic E-state index is 10.6. The van der Waals surface area contributed by atoms with Crippen LogP contribution in [0.2, 0.25) is 0 Å². The number of aromatic nitrogens is 1. The van der Waals surface area contributed by atoms with Crippen molar-refractivity contribution in [2.45, 2.75) is 39.2 Å². The van der Waals surface area contributed by atoms with E-state index in [2.05, 4.69) is 24.1 Å². The molecule has 17 heavy (non-hydrogen) atoms. The lowest BCUT2D eigenvalue weighted by Crippen LogP contribution is -2.31. The number of hydrogen-bond donors (Lipinski definition) is 1. The van der Waals surface area contributed by atoms with E-state index in [0.717, 1.165) is 31.5 Å². The Bertz CT molecular complexity index is 369. The Kier molecular flexibility index (Phi) is 5.56. The third-order valence-corrected chi connectivity index (χ3v) is 2.64. The molecule has 1 rings (SSSR count). The van der Waals surface area contributed by atoms with E-state index in [-0.39, 0.29) is 10.6 Å². The number of rotatable bonds is 7. The van der Waals surface area contributed by atoms with E-state index < -0.39 is 0 Å². The Morgan fingerprint density at radius 3 is 2.88 bits per heavy atom. The van der Waals surface area contributed by atoms with Crippen LogP contribution in [0, 0.1) is 10.1 Å². The highest BCUT2D eigenvalue weighted by atomic mass is 16.6. The summed E-state index contributed by atoms with van der Waals surface area (Å²) < 4.78 is 0. The first-order chi connectivity index (χ1) is 8.17. The van der Waals surface area contributed by atoms with E-state index in [0.29, 0.717) is 6.04 Å². The van der Waals surface area contributed by atoms with Gasteiger partial charge in [0.1, 0.15) is 0 Å². The van der Waals surface area contributed by atoms with Gasteiger partial charge in [0, 0.05) is 36.5 Å². The molecule has 0 spiro atoms. The van der Waals surface area contributed by atoms with Gasteiger partial charge in [-0.25, -0.2) is 0 Å². The molecule has 1 aromatic rings. The van der Waals surface area contributed by atoms with Crippen LogP contribution in [0.1, 0.15) is 32.4 Å². The van der Waals surface area contributed by atoms with Crippen LogP contribution in [0.3, 0.4) is 0 Å². The average molecular weight is 237 g/mol. The lowest BCUT2D eigenvalue weighted by atomic mass is 10.1. The lowest BCUT2D eigenvalue weighted by molar-refractivity contribution is -0.385. The van der Waals surface area contributed by atoms with Gasteiger partial charge >= 0.3 is 0 Å². The van der Waals surface area contributed by atoms with Gasteiger partial charge in [-0.3, -0.25) is 15.1 Å². The largest absolute Gasteiger partial charge is 0.314 e. The summed E-state index contributed by atoms with van der Waals surface area (Å²) in [5.74, 6) is 0. The molecule has 5 heteroatoms. The van der Waals surface area contributed by atoms with E-state index >= 15 is 0 Å². The van der Waals surface area contributed by atoms with E-state index in [1.54, 1.807) is 6.07 Å². The summed E-state index contributed by atoms with van der Waals surface area (Å²) in [6.45, 7) is 5.18. The fourth-order valence-electron chi connectivity index (χ4n) is 1.65. The monoisotopic (exact) mass is 237 g/mol. The third kappa shape index (κ3) is 4.48. The van der Waals surface area contributed by atoms with Gasteiger partial charge < -0.3 is 5.32 Å². The van der Waals surface area contributed by atoms with Crippen LogP contribution in [0.5, 0.6) is 0 Å². The molecule has 0 saturated carbocycles. The van der Waals surface area contributed by atoms with Crippen molar-refractivity contribution in [3.63, 3.8) is 0 Å². The van der Waals surface area contributed by atoms with Crippen molar-refractivity contribution in [3.05, 3.63) is 34.1 Å². The first-order valence-electron chi connectivity index (χ1n) is 6.00. The highest BCUT2D eigenvalue weighted by molar-refractivity contribution is 5.29. The third-order valence-electron chi connectivity index (χ3n) is 2.64. The zero-order chi connectivity index (χ0) is 12.7. The molecule has 0 aliphatic rings. The van der Waals surface area contributed by atoms with Gasteiger partial charge in [-0.05, 0) is 19.4 Å². The molecule has 0 saturated heterocycles. The summed E-state index contributed by atoms with van der Waals surface area (Å²) in [5.41, 5.74) is 0.884. The van der Waals surface area contributed by atoms with Gasteiger partial charge in [-0.15, -0.1) is 0 Å². The predicted octanol–water partition coefficient (Wildman–Crippen LogP) is 2.31. The van der Waals surface area contributed by atoms with Crippen LogP contribution < -0.4 is 5.32 Å². The molecule has 0 aliphatic heterocycles. The minimum atomic E-state index is -0.383. The predicted molar refractivity (Wildman–Crippen MR) is 67.0 cm³/mol. The Labute approximate surface area is 101 Å². The number of nitrogens with one attached hydrogen (secondary N) is 1. The van der Waals surface area contributed by atoms with Gasteiger partial charge in [0.05, 0.1) is 4.92 Å². The smallest absolute Gasteiger partial charge is 0.272 e. The number of pyridine rings is 1. The normalized spacial score (nSPS) is 12.4. The van der Waals surface area contributed by atoms with Gasteiger partial charge in [0.25, 0.3) is 5.69 Å². The molecule has 1 heterocycles. The van der Waals surface area contributed by atoms with E-state index in [1.165, 1.54) is 12.3 Å². The van der Waals surface area contributed by atoms with Crippen molar-refractivity contribution in [2.24, 2.45) is 0 Å². The molecule has 94 valence electrons. The fraction of sp³-hybridized carbons (Fsp3) is 0.583. The van der Waals surface area contributed by atoms with Crippen LogP contribution in [-0.4, -0.2) is 22.5 Å². The molecule has 0 radical (unpaired) electrons. The van der Waals surface area contributed by atoms with Crippen molar-refractivity contribution in [2.75, 3.05) is 6.54 Å². The van der Waals surface area contributed by atoms with Crippen LogP contribution in [0.4, 0.5) is 5.69 Å². The Hall–Kier alpha value is -1.49. The number of nitro groups is 1. The van der Waals surface area contributed by atoms with Gasteiger partial charge in [-0.2, -0.15) is 0 Å². The summed E-state index contributed by atoms with van der Waals surface area (Å²) in [6, 6.07) is 3.31. The first kappa shape index (κ1) is 13.6. The van der Waals surface area contributed by atoms with Gasteiger partial charge in [-0.1, -0.05) is 13.8 Å². The fourth-order valence-corrected chi connectivity index (χ4v) is 1.65. The molecule has 1 N–H and O–H groups in total. The summed E-state index contributed by atoms with van der Waals surface area (Å²) in [7, 11) is 0. The molecule has 1 atom stereocenters. The zero-order valence-corrected chi connectivity index (χ0v) is 10.3. The second kappa shape index (κ2) is 6.96. The Morgan fingerprint density at radius 1 is 1.53 bits per heavy atom. The molecular weight excluding hydrogens is 218 g/mol. The Morgan fingerprint density at radius 2 is 2.29 bits per heavy atom. The summed E-state index contributed by atoms with van der Waals surface area (Å²) in [4.78, 5) is 14.4. The molecule has 0 aromatic carbocycles. The lowest BCUT2D eigenvalue weighted by Gasteiger charge is -2.15. The second-order valence-electron chi connectivity index (χ2n) is 4.03. The van der Waals surface area contributed by atoms with Crippen molar-refractivity contribution >= 4 is 5.69 Å². The zero-order valence-electron chi connectivity index (χ0n) is 10.3. The minimum Gasteiger partial charge on any atom is -0.314 e. The maximum Gasteiger partial charge on any atom is 0.272 e. The molecule has 0 bridgehead atoms. The standard InChI is InChI=1S/C12H19N3O2/c1-3-6-13-10(4-2)8-11-9-12(15(16)17)5-7-14-11/h5,7,9-10,13H,3-4,6,8H2,1-2H3. The van der Waals surface area contributed by atoms with Crippen molar-refractivity contribution in [1.82, 2.24) is 10.3 Å².